The molecule has 0 amide bonds. The van der Waals surface area contributed by atoms with Crippen LogP contribution in [0.2, 0.25) is 0 Å². The summed E-state index contributed by atoms with van der Waals surface area (Å²) in [5, 5.41) is 0.795. The van der Waals surface area contributed by atoms with Gasteiger partial charge in [0.15, 0.2) is 0 Å². The Morgan fingerprint density at radius 3 is 2.58 bits per heavy atom. The lowest BCUT2D eigenvalue weighted by Crippen LogP contribution is -2.04. The molecule has 5 nitrogen and oxygen atoms in total. The second kappa shape index (κ2) is 10.3. The molecule has 0 atom stereocenters. The van der Waals surface area contributed by atoms with E-state index in [1.807, 2.05) is 51.1 Å². The molecular formula is C26H30FN5S. The molecule has 0 spiro atoms. The Bertz CT molecular complexity index is 1250. The molecule has 0 radical (unpaired) electrons. The third-order valence-corrected chi connectivity index (χ3v) is 7.00. The Hall–Kier alpha value is -3.06. The highest BCUT2D eigenvalue weighted by Crippen LogP contribution is 2.39. The largest absolute Gasteiger partial charge is 0.383 e. The van der Waals surface area contributed by atoms with Gasteiger partial charge in [0.2, 0.25) is 0 Å². The van der Waals surface area contributed by atoms with E-state index in [0.29, 0.717) is 17.5 Å². The molecule has 0 aliphatic heterocycles. The molecule has 5 rings (SSSR count). The first-order chi connectivity index (χ1) is 16.1. The minimum Gasteiger partial charge on any atom is -0.383 e. The van der Waals surface area contributed by atoms with Gasteiger partial charge in [0, 0.05) is 22.7 Å². The van der Waals surface area contributed by atoms with Crippen LogP contribution in [0.5, 0.6) is 0 Å². The van der Waals surface area contributed by atoms with Crippen molar-refractivity contribution in [1.82, 2.24) is 14.5 Å². The molecule has 7 heteroatoms. The number of nitrogen functional groups attached to an aromatic ring is 1. The molecule has 2 heterocycles. The number of aromatic nitrogens is 3. The number of nitrogens with one attached hydrogen (secondary N) is 1. The van der Waals surface area contributed by atoms with Gasteiger partial charge in [-0.15, -0.1) is 0 Å². The molecule has 4 aromatic rings. The number of fused-ring (bicyclic) bond motifs is 1. The fourth-order valence-corrected chi connectivity index (χ4v) is 5.10. The molecule has 2 aromatic heterocycles. The highest BCUT2D eigenvalue weighted by molar-refractivity contribution is 8.00. The highest BCUT2D eigenvalue weighted by atomic mass is 32.2. The van der Waals surface area contributed by atoms with Crippen molar-refractivity contribution >= 4 is 34.5 Å². The zero-order valence-electron chi connectivity index (χ0n) is 19.3. The van der Waals surface area contributed by atoms with Crippen LogP contribution in [0.25, 0.3) is 22.2 Å². The average Bonchev–Trinajstić information content (AvgIpc) is 3.49. The van der Waals surface area contributed by atoms with Crippen molar-refractivity contribution in [2.75, 3.05) is 10.5 Å². The predicted molar refractivity (Wildman–Crippen MR) is 137 cm³/mol. The van der Waals surface area contributed by atoms with E-state index in [-0.39, 0.29) is 5.82 Å². The lowest BCUT2D eigenvalue weighted by atomic mass is 10.1. The monoisotopic (exact) mass is 463 g/mol. The first-order valence-electron chi connectivity index (χ1n) is 11.5. The van der Waals surface area contributed by atoms with E-state index < -0.39 is 0 Å². The topological polar surface area (TPSA) is 68.8 Å². The number of hydrogen-bond donors (Lipinski definition) is 2. The summed E-state index contributed by atoms with van der Waals surface area (Å²) in [6.45, 7) is 6.04. The van der Waals surface area contributed by atoms with Gasteiger partial charge in [-0.2, -0.15) is 0 Å². The lowest BCUT2D eigenvalue weighted by molar-refractivity contribution is 0.532. The van der Waals surface area contributed by atoms with Gasteiger partial charge in [-0.25, -0.2) is 14.4 Å². The number of halogens is 1. The van der Waals surface area contributed by atoms with Gasteiger partial charge in [-0.3, -0.25) is 0 Å². The van der Waals surface area contributed by atoms with Crippen LogP contribution in [-0.4, -0.2) is 14.5 Å². The van der Waals surface area contributed by atoms with Crippen molar-refractivity contribution in [1.29, 1.82) is 0 Å². The van der Waals surface area contributed by atoms with Crippen molar-refractivity contribution in [3.05, 3.63) is 66.4 Å². The zero-order chi connectivity index (χ0) is 23.4. The van der Waals surface area contributed by atoms with E-state index in [1.54, 1.807) is 12.1 Å². The summed E-state index contributed by atoms with van der Waals surface area (Å²) in [6, 6.07) is 13.7. The van der Waals surface area contributed by atoms with Gasteiger partial charge in [-0.1, -0.05) is 51.0 Å². The molecule has 3 N–H and O–H groups in total. The third kappa shape index (κ3) is 4.69. The van der Waals surface area contributed by atoms with Gasteiger partial charge in [0.25, 0.3) is 0 Å². The van der Waals surface area contributed by atoms with E-state index in [4.69, 9.17) is 5.73 Å². The Labute approximate surface area is 198 Å². The summed E-state index contributed by atoms with van der Waals surface area (Å²) in [6.07, 6.45) is 8.25. The van der Waals surface area contributed by atoms with Crippen LogP contribution < -0.4 is 10.5 Å². The normalized spacial score (nSPS) is 13.7. The molecule has 172 valence electrons. The fraction of sp³-hybridized carbons (Fsp3) is 0.308. The van der Waals surface area contributed by atoms with Crippen LogP contribution in [-0.2, 0) is 0 Å². The fourth-order valence-electron chi connectivity index (χ4n) is 4.33. The number of rotatable bonds is 5. The second-order valence-corrected chi connectivity index (χ2v) is 8.86. The van der Waals surface area contributed by atoms with Gasteiger partial charge in [0.1, 0.15) is 23.6 Å². The van der Waals surface area contributed by atoms with E-state index in [1.165, 1.54) is 31.1 Å². The summed E-state index contributed by atoms with van der Waals surface area (Å²) in [5.41, 5.74) is 10.3. The molecule has 2 aromatic carbocycles. The van der Waals surface area contributed by atoms with Crippen molar-refractivity contribution in [2.24, 2.45) is 0 Å². The van der Waals surface area contributed by atoms with Gasteiger partial charge in [-0.05, 0) is 61.0 Å². The van der Waals surface area contributed by atoms with Gasteiger partial charge in [0.05, 0.1) is 11.1 Å². The lowest BCUT2D eigenvalue weighted by Gasteiger charge is -2.12. The second-order valence-electron chi connectivity index (χ2n) is 8.01. The van der Waals surface area contributed by atoms with E-state index >= 15 is 4.39 Å². The molecule has 1 saturated carbocycles. The minimum absolute atomic E-state index is 0.309. The smallest absolute Gasteiger partial charge is 0.147 e. The number of nitrogens with two attached hydrogens (primary N) is 1. The number of aryl methyl sites for hydroxylation is 1. The molecule has 1 aliphatic carbocycles. The summed E-state index contributed by atoms with van der Waals surface area (Å²) in [5.74, 6) is 0.116. The average molecular weight is 464 g/mol. The zero-order valence-corrected chi connectivity index (χ0v) is 20.1. The van der Waals surface area contributed by atoms with Crippen LogP contribution in [0.15, 0.2) is 59.9 Å². The maximum Gasteiger partial charge on any atom is 0.147 e. The van der Waals surface area contributed by atoms with Crippen LogP contribution >= 0.6 is 11.9 Å². The summed E-state index contributed by atoms with van der Waals surface area (Å²) < 4.78 is 20.3. The van der Waals surface area contributed by atoms with Gasteiger partial charge >= 0.3 is 0 Å². The Kier molecular flexibility index (Phi) is 7.18. The van der Waals surface area contributed by atoms with Crippen LogP contribution in [0, 0.1) is 12.7 Å². The molecule has 0 saturated heterocycles. The molecule has 33 heavy (non-hydrogen) atoms. The van der Waals surface area contributed by atoms with Crippen molar-refractivity contribution in [3.63, 3.8) is 0 Å². The number of hydrogen-bond acceptors (Lipinski definition) is 5. The predicted octanol–water partition coefficient (Wildman–Crippen LogP) is 7.39. The Balaban J connectivity index is 0.00000126. The highest BCUT2D eigenvalue weighted by Gasteiger charge is 2.23. The van der Waals surface area contributed by atoms with Crippen molar-refractivity contribution < 1.29 is 4.39 Å². The van der Waals surface area contributed by atoms with E-state index in [2.05, 4.69) is 25.5 Å². The standard InChI is InChI=1S/C24H24FN5S.C2H6/c1-15-6-2-5-9-21(15)31-29-20-11-10-16(12-19(20)25)18-13-30(17-7-3-4-8-17)24-22(18)23(26)27-14-28-24;1-2/h2,5-6,9-14,17,29H,3-4,7-8H2,1H3,(H2,26,27,28);1-2H3. The maximum absolute atomic E-state index is 15.0. The number of anilines is 2. The molecular weight excluding hydrogens is 433 g/mol. The van der Waals surface area contributed by atoms with Gasteiger partial charge < -0.3 is 15.0 Å². The molecule has 1 aliphatic rings. The maximum atomic E-state index is 15.0. The summed E-state index contributed by atoms with van der Waals surface area (Å²) in [7, 11) is 0. The first-order valence-corrected chi connectivity index (χ1v) is 12.3. The van der Waals surface area contributed by atoms with Crippen molar-refractivity contribution in [2.45, 2.75) is 57.4 Å². The molecule has 0 unspecified atom stereocenters. The number of nitrogens with zero attached hydrogens (tertiary/aromatic N) is 3. The van der Waals surface area contributed by atoms with Crippen LogP contribution in [0.1, 0.15) is 51.1 Å². The first kappa shape index (κ1) is 23.1. The number of benzene rings is 2. The minimum atomic E-state index is -0.309. The Morgan fingerprint density at radius 1 is 1.09 bits per heavy atom. The van der Waals surface area contributed by atoms with Crippen LogP contribution in [0.4, 0.5) is 15.9 Å². The quantitative estimate of drug-likeness (QED) is 0.302. The molecule has 0 bridgehead atoms. The summed E-state index contributed by atoms with van der Waals surface area (Å²) in [4.78, 5) is 9.76. The van der Waals surface area contributed by atoms with E-state index in [0.717, 1.165) is 45.5 Å². The summed E-state index contributed by atoms with van der Waals surface area (Å²) >= 11 is 1.41. The molecule has 1 fully saturated rings. The Morgan fingerprint density at radius 2 is 1.85 bits per heavy atom. The van der Waals surface area contributed by atoms with Crippen LogP contribution in [0.3, 0.4) is 0 Å². The third-order valence-electron chi connectivity index (χ3n) is 6.00. The van der Waals surface area contributed by atoms with Crippen molar-refractivity contribution in [3.8, 4) is 11.1 Å². The SMILES string of the molecule is CC.Cc1ccccc1SNc1ccc(-c2cn(C3CCCC3)c3ncnc(N)c23)cc1F. The van der Waals surface area contributed by atoms with E-state index in [9.17, 15) is 0 Å².